The van der Waals surface area contributed by atoms with Gasteiger partial charge in [0.05, 0.1) is 18.9 Å². The highest BCUT2D eigenvalue weighted by atomic mass is 16.5. The summed E-state index contributed by atoms with van der Waals surface area (Å²) in [5.41, 5.74) is 6.11. The predicted octanol–water partition coefficient (Wildman–Crippen LogP) is 7.96. The van der Waals surface area contributed by atoms with Gasteiger partial charge in [0.15, 0.2) is 23.1 Å². The second-order valence-corrected chi connectivity index (χ2v) is 10.9. The highest BCUT2D eigenvalue weighted by molar-refractivity contribution is 5.77. The lowest BCUT2D eigenvalue weighted by molar-refractivity contribution is 0.248. The van der Waals surface area contributed by atoms with Gasteiger partial charge in [0.2, 0.25) is 0 Å². The number of rotatable bonds is 12. The first-order chi connectivity index (χ1) is 22.9. The fourth-order valence-electron chi connectivity index (χ4n) is 4.84. The number of aromatic nitrogens is 4. The highest BCUT2D eigenvalue weighted by Crippen LogP contribution is 2.36. The Morgan fingerprint density at radius 1 is 0.596 bits per heavy atom. The first kappa shape index (κ1) is 30.8. The summed E-state index contributed by atoms with van der Waals surface area (Å²) in [7, 11) is 0. The molecule has 6 aromatic rings. The number of hydrogen-bond acceptors (Lipinski definition) is 10. The van der Waals surface area contributed by atoms with Gasteiger partial charge in [-0.25, -0.2) is 19.9 Å². The van der Waals surface area contributed by atoms with E-state index in [1.807, 2.05) is 111 Å². The number of nitrogens with zero attached hydrogens (tertiary/aromatic N) is 4. The monoisotopic (exact) mass is 626 g/mol. The molecule has 10 heteroatoms. The molecule has 0 aliphatic heterocycles. The Kier molecular flexibility index (Phi) is 9.38. The number of ether oxygens (including phenoxy) is 2. The van der Waals surface area contributed by atoms with E-state index in [1.54, 1.807) is 0 Å². The normalized spacial score (nSPS) is 10.8. The van der Waals surface area contributed by atoms with Gasteiger partial charge < -0.3 is 30.3 Å². The molecule has 47 heavy (non-hydrogen) atoms. The number of aryl methyl sites for hydroxylation is 2. The third kappa shape index (κ3) is 7.56. The van der Waals surface area contributed by atoms with Crippen molar-refractivity contribution < 1.29 is 19.7 Å². The van der Waals surface area contributed by atoms with Gasteiger partial charge in [0.1, 0.15) is 35.5 Å². The molecule has 10 nitrogen and oxygen atoms in total. The summed E-state index contributed by atoms with van der Waals surface area (Å²) in [4.78, 5) is 17.0. The zero-order valence-corrected chi connectivity index (χ0v) is 26.0. The molecule has 0 spiro atoms. The minimum Gasteiger partial charge on any atom is -0.503 e. The van der Waals surface area contributed by atoms with Crippen LogP contribution in [0.15, 0.2) is 110 Å². The van der Waals surface area contributed by atoms with E-state index in [0.29, 0.717) is 59.7 Å². The Labute approximate surface area is 272 Å². The van der Waals surface area contributed by atoms with Crippen LogP contribution in [0.2, 0.25) is 0 Å². The van der Waals surface area contributed by atoms with Crippen molar-refractivity contribution in [3.8, 4) is 45.5 Å². The van der Waals surface area contributed by atoms with Crippen LogP contribution in [0.5, 0.6) is 23.0 Å². The van der Waals surface area contributed by atoms with Crippen molar-refractivity contribution in [2.75, 3.05) is 23.8 Å². The average Bonchev–Trinajstić information content (AvgIpc) is 3.08. The van der Waals surface area contributed by atoms with Gasteiger partial charge in [0.25, 0.3) is 0 Å². The standard InChI is InChI=1S/C37H34N6O4/c1-24-11-15-26(16-12-24)32-34(44)36(40-22-38-32)42-28-7-5-8-29(21-28)46-19-6-20-47-31-10-4-3-9-30(31)43-37-35(45)33(39-23-41-37)27-17-13-25(2)14-18-27/h3-5,7-18,21-23,44-45H,6,19-20H2,1-2H3,(H,38,40,42)(H,39,41,43). The van der Waals surface area contributed by atoms with E-state index in [2.05, 4.69) is 30.6 Å². The average molecular weight is 627 g/mol. The van der Waals surface area contributed by atoms with Gasteiger partial charge in [0, 0.05) is 29.3 Å². The Morgan fingerprint density at radius 2 is 1.17 bits per heavy atom. The summed E-state index contributed by atoms with van der Waals surface area (Å²) in [6.45, 7) is 4.83. The van der Waals surface area contributed by atoms with Crippen LogP contribution in [0.25, 0.3) is 22.5 Å². The molecule has 0 atom stereocenters. The van der Waals surface area contributed by atoms with Crippen molar-refractivity contribution in [3.63, 3.8) is 0 Å². The molecule has 0 aliphatic carbocycles. The summed E-state index contributed by atoms with van der Waals surface area (Å²) in [5.74, 6) is 1.78. The molecule has 2 aromatic heterocycles. The quantitative estimate of drug-likeness (QED) is 0.0991. The fraction of sp³-hybridized carbons (Fsp3) is 0.135. The Bertz CT molecular complexity index is 1970. The van der Waals surface area contributed by atoms with Gasteiger partial charge in [-0.1, -0.05) is 77.9 Å². The lowest BCUT2D eigenvalue weighted by Crippen LogP contribution is -2.06. The van der Waals surface area contributed by atoms with Crippen LogP contribution < -0.4 is 20.1 Å². The molecule has 4 aromatic carbocycles. The van der Waals surface area contributed by atoms with Crippen molar-refractivity contribution >= 4 is 23.0 Å². The van der Waals surface area contributed by atoms with Gasteiger partial charge in [-0.05, 0) is 38.1 Å². The number of benzene rings is 4. The maximum atomic E-state index is 10.9. The van der Waals surface area contributed by atoms with Crippen LogP contribution in [-0.2, 0) is 0 Å². The molecule has 0 amide bonds. The molecular weight excluding hydrogens is 592 g/mol. The molecular formula is C37H34N6O4. The molecule has 2 heterocycles. The van der Waals surface area contributed by atoms with E-state index in [-0.39, 0.29) is 17.3 Å². The van der Waals surface area contributed by atoms with Gasteiger partial charge >= 0.3 is 0 Å². The van der Waals surface area contributed by atoms with E-state index in [4.69, 9.17) is 9.47 Å². The SMILES string of the molecule is Cc1ccc(-c2ncnc(Nc3cccc(OCCCOc4ccccc4Nc4ncnc(-c5ccc(C)cc5)c4O)c3)c2O)cc1. The zero-order valence-electron chi connectivity index (χ0n) is 26.0. The van der Waals surface area contributed by atoms with Crippen LogP contribution >= 0.6 is 0 Å². The lowest BCUT2D eigenvalue weighted by Gasteiger charge is -2.15. The third-order valence-electron chi connectivity index (χ3n) is 7.35. The molecule has 0 radical (unpaired) electrons. The molecule has 236 valence electrons. The largest absolute Gasteiger partial charge is 0.503 e. The van der Waals surface area contributed by atoms with Crippen molar-refractivity contribution in [2.24, 2.45) is 0 Å². The number of aromatic hydroxyl groups is 2. The minimum atomic E-state index is -0.0436. The molecule has 0 bridgehead atoms. The fourth-order valence-corrected chi connectivity index (χ4v) is 4.84. The third-order valence-corrected chi connectivity index (χ3v) is 7.35. The topological polar surface area (TPSA) is 135 Å². The first-order valence-corrected chi connectivity index (χ1v) is 15.2. The maximum Gasteiger partial charge on any atom is 0.185 e. The molecule has 6 rings (SSSR count). The van der Waals surface area contributed by atoms with E-state index in [9.17, 15) is 10.2 Å². The molecule has 0 saturated heterocycles. The molecule has 0 unspecified atom stereocenters. The lowest BCUT2D eigenvalue weighted by atomic mass is 10.1. The maximum absolute atomic E-state index is 10.9. The van der Waals surface area contributed by atoms with Crippen LogP contribution in [0.4, 0.5) is 23.0 Å². The Morgan fingerprint density at radius 3 is 1.81 bits per heavy atom. The summed E-state index contributed by atoms with van der Waals surface area (Å²) < 4.78 is 12.0. The van der Waals surface area contributed by atoms with E-state index < -0.39 is 0 Å². The van der Waals surface area contributed by atoms with E-state index in [0.717, 1.165) is 22.3 Å². The van der Waals surface area contributed by atoms with Crippen LogP contribution in [-0.4, -0.2) is 43.4 Å². The van der Waals surface area contributed by atoms with Crippen molar-refractivity contribution in [1.29, 1.82) is 0 Å². The van der Waals surface area contributed by atoms with Crippen LogP contribution in [0, 0.1) is 13.8 Å². The van der Waals surface area contributed by atoms with Gasteiger partial charge in [-0.2, -0.15) is 0 Å². The van der Waals surface area contributed by atoms with E-state index >= 15 is 0 Å². The predicted molar refractivity (Wildman–Crippen MR) is 183 cm³/mol. The number of anilines is 4. The van der Waals surface area contributed by atoms with Crippen LogP contribution in [0.3, 0.4) is 0 Å². The Hall–Kier alpha value is -6.16. The Balaban J connectivity index is 1.03. The number of para-hydroxylation sites is 2. The van der Waals surface area contributed by atoms with Crippen LogP contribution in [0.1, 0.15) is 17.5 Å². The summed E-state index contributed by atoms with van der Waals surface area (Å²) in [6, 6.07) is 30.4. The summed E-state index contributed by atoms with van der Waals surface area (Å²) in [5, 5.41) is 28.1. The number of hydrogen-bond donors (Lipinski definition) is 4. The molecule has 0 saturated carbocycles. The highest BCUT2D eigenvalue weighted by Gasteiger charge is 2.15. The second-order valence-electron chi connectivity index (χ2n) is 10.9. The van der Waals surface area contributed by atoms with Crippen molar-refractivity contribution in [1.82, 2.24) is 19.9 Å². The molecule has 0 aliphatic rings. The van der Waals surface area contributed by atoms with E-state index in [1.165, 1.54) is 12.7 Å². The summed E-state index contributed by atoms with van der Waals surface area (Å²) in [6.07, 6.45) is 3.46. The molecule has 0 fully saturated rings. The van der Waals surface area contributed by atoms with Gasteiger partial charge in [-0.15, -0.1) is 0 Å². The first-order valence-electron chi connectivity index (χ1n) is 15.2. The van der Waals surface area contributed by atoms with Crippen molar-refractivity contribution in [3.05, 3.63) is 121 Å². The van der Waals surface area contributed by atoms with Crippen molar-refractivity contribution in [2.45, 2.75) is 20.3 Å². The van der Waals surface area contributed by atoms with Gasteiger partial charge in [-0.3, -0.25) is 0 Å². The second kappa shape index (κ2) is 14.3. The smallest absolute Gasteiger partial charge is 0.185 e. The minimum absolute atomic E-state index is 0.0313. The molecule has 4 N–H and O–H groups in total. The number of nitrogens with one attached hydrogen (secondary N) is 2. The summed E-state index contributed by atoms with van der Waals surface area (Å²) >= 11 is 0. The zero-order chi connectivity index (χ0) is 32.6.